The van der Waals surface area contributed by atoms with Crippen LogP contribution >= 0.6 is 0 Å². The molecule has 74 valence electrons. The van der Waals surface area contributed by atoms with Crippen LogP contribution in [0.25, 0.3) is 0 Å². The molecular weight excluding hydrogens is 178 g/mol. The number of hydrogen-bond acceptors (Lipinski definition) is 3. The van der Waals surface area contributed by atoms with E-state index in [0.717, 1.165) is 30.3 Å². The molecule has 0 radical (unpaired) electrons. The van der Waals surface area contributed by atoms with Crippen LogP contribution in [0, 0.1) is 23.2 Å². The van der Waals surface area contributed by atoms with E-state index < -0.39 is 5.97 Å². The maximum absolute atomic E-state index is 11.3. The number of carbonyl (C=O) groups excluding carboxylic acids is 1. The Balaban J connectivity index is 2.21. The van der Waals surface area contributed by atoms with Crippen molar-refractivity contribution in [2.75, 3.05) is 7.11 Å². The zero-order valence-corrected chi connectivity index (χ0v) is 8.25. The summed E-state index contributed by atoms with van der Waals surface area (Å²) in [5.74, 6) is 1.000. The minimum Gasteiger partial charge on any atom is -0.465 e. The van der Waals surface area contributed by atoms with Gasteiger partial charge < -0.3 is 4.74 Å². The van der Waals surface area contributed by atoms with Gasteiger partial charge in [0.05, 0.1) is 7.11 Å². The molecule has 2 aliphatic rings. The van der Waals surface area contributed by atoms with E-state index in [1.165, 1.54) is 20.0 Å². The number of nitriles is 1. The molecule has 0 bridgehead atoms. The van der Waals surface area contributed by atoms with Gasteiger partial charge >= 0.3 is 5.97 Å². The Kier molecular flexibility index (Phi) is 2.28. The predicted molar refractivity (Wildman–Crippen MR) is 50.1 cm³/mol. The molecule has 3 heteroatoms. The Morgan fingerprint density at radius 1 is 1.43 bits per heavy atom. The smallest absolute Gasteiger partial charge is 0.348 e. The highest BCUT2D eigenvalue weighted by atomic mass is 16.5. The molecule has 0 unspecified atom stereocenters. The molecule has 2 aliphatic carbocycles. The minimum absolute atomic E-state index is 0.252. The summed E-state index contributed by atoms with van der Waals surface area (Å²) < 4.78 is 4.59. The van der Waals surface area contributed by atoms with Crippen LogP contribution in [0.2, 0.25) is 0 Å². The molecule has 14 heavy (non-hydrogen) atoms. The van der Waals surface area contributed by atoms with Crippen molar-refractivity contribution in [3.8, 4) is 6.07 Å². The molecule has 3 nitrogen and oxygen atoms in total. The van der Waals surface area contributed by atoms with Crippen molar-refractivity contribution in [3.63, 3.8) is 0 Å². The monoisotopic (exact) mass is 191 g/mol. The Morgan fingerprint density at radius 2 is 2.00 bits per heavy atom. The van der Waals surface area contributed by atoms with Gasteiger partial charge in [0.25, 0.3) is 0 Å². The summed E-state index contributed by atoms with van der Waals surface area (Å²) in [5, 5.41) is 8.87. The fourth-order valence-electron chi connectivity index (χ4n) is 2.47. The first kappa shape index (κ1) is 9.26. The Bertz CT molecular complexity index is 324. The van der Waals surface area contributed by atoms with E-state index in [-0.39, 0.29) is 5.57 Å². The topological polar surface area (TPSA) is 50.1 Å². The average molecular weight is 191 g/mol. The third kappa shape index (κ3) is 1.31. The average Bonchev–Trinajstić information content (AvgIpc) is 2.45. The lowest BCUT2D eigenvalue weighted by Gasteiger charge is -2.28. The van der Waals surface area contributed by atoms with Gasteiger partial charge in [-0.3, -0.25) is 0 Å². The lowest BCUT2D eigenvalue weighted by molar-refractivity contribution is -0.135. The van der Waals surface area contributed by atoms with Crippen LogP contribution in [0.3, 0.4) is 0 Å². The zero-order chi connectivity index (χ0) is 10.1. The highest BCUT2D eigenvalue weighted by Gasteiger charge is 2.39. The number of nitrogens with zero attached hydrogens (tertiary/aromatic N) is 1. The van der Waals surface area contributed by atoms with E-state index in [2.05, 4.69) is 4.74 Å². The molecule has 0 aromatic heterocycles. The summed E-state index contributed by atoms with van der Waals surface area (Å²) in [6, 6.07) is 1.97. The highest BCUT2D eigenvalue weighted by molar-refractivity contribution is 5.93. The molecule has 0 spiro atoms. The number of esters is 1. The number of carbonyl (C=O) groups is 1. The second kappa shape index (κ2) is 3.45. The molecule has 2 saturated carbocycles. The summed E-state index contributed by atoms with van der Waals surface area (Å²) >= 11 is 0. The van der Waals surface area contributed by atoms with E-state index in [4.69, 9.17) is 5.26 Å². The van der Waals surface area contributed by atoms with Gasteiger partial charge in [0.15, 0.2) is 0 Å². The highest BCUT2D eigenvalue weighted by Crippen LogP contribution is 2.50. The van der Waals surface area contributed by atoms with Crippen LogP contribution in [-0.4, -0.2) is 13.1 Å². The molecular formula is C11H13NO2. The summed E-state index contributed by atoms with van der Waals surface area (Å²) in [7, 11) is 1.32. The molecule has 0 aromatic rings. The first-order chi connectivity index (χ1) is 6.76. The molecule has 0 aliphatic heterocycles. The zero-order valence-electron chi connectivity index (χ0n) is 8.25. The van der Waals surface area contributed by atoms with Gasteiger partial charge in [0.1, 0.15) is 11.6 Å². The molecule has 2 atom stereocenters. The Morgan fingerprint density at radius 3 is 2.36 bits per heavy atom. The Labute approximate surface area is 83.4 Å². The van der Waals surface area contributed by atoms with Gasteiger partial charge in [-0.05, 0) is 43.1 Å². The first-order valence-corrected chi connectivity index (χ1v) is 4.96. The van der Waals surface area contributed by atoms with Crippen molar-refractivity contribution in [2.45, 2.75) is 25.7 Å². The summed E-state index contributed by atoms with van der Waals surface area (Å²) in [6.07, 6.45) is 4.38. The summed E-state index contributed by atoms with van der Waals surface area (Å²) in [4.78, 5) is 11.3. The quantitative estimate of drug-likeness (QED) is 0.361. The van der Waals surface area contributed by atoms with Gasteiger partial charge in [-0.25, -0.2) is 4.79 Å². The summed E-state index contributed by atoms with van der Waals surface area (Å²) in [5.41, 5.74) is 1.27. The van der Waals surface area contributed by atoms with E-state index in [1.54, 1.807) is 0 Å². The van der Waals surface area contributed by atoms with Gasteiger partial charge in [-0.2, -0.15) is 5.26 Å². The largest absolute Gasteiger partial charge is 0.465 e. The van der Waals surface area contributed by atoms with Crippen molar-refractivity contribution < 1.29 is 9.53 Å². The van der Waals surface area contributed by atoms with Crippen molar-refractivity contribution >= 4 is 5.97 Å². The standard InChI is InChI=1S/C11H13NO2/c1-14-11(13)10(6-12)9-4-7-2-3-8(7)5-9/h7-8H,2-5H2,1H3/t7-,8+. The van der Waals surface area contributed by atoms with Crippen molar-refractivity contribution in [3.05, 3.63) is 11.1 Å². The SMILES string of the molecule is COC(=O)C(C#N)=C1C[C@H]2CC[C@H]2C1. The van der Waals surface area contributed by atoms with Crippen molar-refractivity contribution in [1.82, 2.24) is 0 Å². The van der Waals surface area contributed by atoms with Gasteiger partial charge in [0.2, 0.25) is 0 Å². The van der Waals surface area contributed by atoms with Gasteiger partial charge in [-0.1, -0.05) is 0 Å². The molecule has 2 fully saturated rings. The molecule has 0 N–H and O–H groups in total. The third-order valence-electron chi connectivity index (χ3n) is 3.45. The number of methoxy groups -OCH3 is 1. The van der Waals surface area contributed by atoms with Crippen LogP contribution < -0.4 is 0 Å². The van der Waals surface area contributed by atoms with Crippen LogP contribution in [0.15, 0.2) is 11.1 Å². The fraction of sp³-hybridized carbons (Fsp3) is 0.636. The normalized spacial score (nSPS) is 32.6. The third-order valence-corrected chi connectivity index (χ3v) is 3.45. The number of hydrogen-bond donors (Lipinski definition) is 0. The lowest BCUT2D eigenvalue weighted by atomic mass is 9.77. The number of fused-ring (bicyclic) bond motifs is 1. The van der Waals surface area contributed by atoms with Crippen molar-refractivity contribution in [1.29, 1.82) is 5.26 Å². The molecule has 0 amide bonds. The summed E-state index contributed by atoms with van der Waals surface area (Å²) in [6.45, 7) is 0. The predicted octanol–water partition coefficient (Wildman–Crippen LogP) is 1.80. The second-order valence-corrected chi connectivity index (χ2v) is 4.09. The van der Waals surface area contributed by atoms with Gasteiger partial charge in [-0.15, -0.1) is 0 Å². The lowest BCUT2D eigenvalue weighted by Crippen LogP contribution is -2.18. The molecule has 2 rings (SSSR count). The maximum Gasteiger partial charge on any atom is 0.348 e. The van der Waals surface area contributed by atoms with E-state index in [0.29, 0.717) is 0 Å². The van der Waals surface area contributed by atoms with Crippen LogP contribution in [0.4, 0.5) is 0 Å². The van der Waals surface area contributed by atoms with E-state index in [1.807, 2.05) is 6.07 Å². The van der Waals surface area contributed by atoms with Crippen LogP contribution in [-0.2, 0) is 9.53 Å². The van der Waals surface area contributed by atoms with E-state index in [9.17, 15) is 4.79 Å². The second-order valence-electron chi connectivity index (χ2n) is 4.09. The van der Waals surface area contributed by atoms with Gasteiger partial charge in [0, 0.05) is 0 Å². The Hall–Kier alpha value is -1.30. The fourth-order valence-corrected chi connectivity index (χ4v) is 2.47. The first-order valence-electron chi connectivity index (χ1n) is 4.96. The number of ether oxygens (including phenoxy) is 1. The molecule has 0 heterocycles. The van der Waals surface area contributed by atoms with Crippen molar-refractivity contribution in [2.24, 2.45) is 11.8 Å². The van der Waals surface area contributed by atoms with E-state index >= 15 is 0 Å². The molecule has 0 saturated heterocycles. The minimum atomic E-state index is -0.469. The van der Waals surface area contributed by atoms with Crippen LogP contribution in [0.5, 0.6) is 0 Å². The number of rotatable bonds is 1. The molecule has 0 aromatic carbocycles. The maximum atomic E-state index is 11.3. The van der Waals surface area contributed by atoms with Crippen LogP contribution in [0.1, 0.15) is 25.7 Å². The number of allylic oxidation sites excluding steroid dienone is 1.